The SMILES string of the molecule is NS(=O)(=O)N(C(=O)Nc1ccccc1)c1ncccn1. The number of nitrogens with two attached hydrogens (primary N) is 1. The Morgan fingerprint density at radius 2 is 1.70 bits per heavy atom. The topological polar surface area (TPSA) is 118 Å². The van der Waals surface area contributed by atoms with Gasteiger partial charge in [0, 0.05) is 18.1 Å². The van der Waals surface area contributed by atoms with Crippen LogP contribution < -0.4 is 14.8 Å². The summed E-state index contributed by atoms with van der Waals surface area (Å²) >= 11 is 0. The molecule has 0 bridgehead atoms. The number of hydrogen-bond acceptors (Lipinski definition) is 5. The molecular weight excluding hydrogens is 282 g/mol. The van der Waals surface area contributed by atoms with Gasteiger partial charge in [-0.2, -0.15) is 8.42 Å². The van der Waals surface area contributed by atoms with Crippen LogP contribution in [-0.4, -0.2) is 24.4 Å². The number of benzene rings is 1. The molecule has 1 heterocycles. The summed E-state index contributed by atoms with van der Waals surface area (Å²) in [5, 5.41) is 7.42. The molecule has 0 spiro atoms. The summed E-state index contributed by atoms with van der Waals surface area (Å²) in [7, 11) is -4.34. The van der Waals surface area contributed by atoms with Crippen molar-refractivity contribution >= 4 is 27.9 Å². The van der Waals surface area contributed by atoms with Crippen LogP contribution in [0.4, 0.5) is 16.4 Å². The Morgan fingerprint density at radius 3 is 2.25 bits per heavy atom. The fourth-order valence-corrected chi connectivity index (χ4v) is 2.01. The molecule has 3 N–H and O–H groups in total. The molecule has 1 aromatic carbocycles. The molecule has 1 aromatic heterocycles. The lowest BCUT2D eigenvalue weighted by atomic mass is 10.3. The first-order chi connectivity index (χ1) is 9.48. The van der Waals surface area contributed by atoms with Gasteiger partial charge in [0.15, 0.2) is 0 Å². The molecule has 0 saturated carbocycles. The highest BCUT2D eigenvalue weighted by molar-refractivity contribution is 7.91. The molecular formula is C11H11N5O3S. The van der Waals surface area contributed by atoms with Crippen molar-refractivity contribution < 1.29 is 13.2 Å². The summed E-state index contributed by atoms with van der Waals surface area (Å²) < 4.78 is 23.3. The summed E-state index contributed by atoms with van der Waals surface area (Å²) in [5.74, 6) is -0.330. The standard InChI is InChI=1S/C11H11N5O3S/c12-20(18,19)16(10-13-7-4-8-14-10)11(17)15-9-5-2-1-3-6-9/h1-8H,(H,15,17)(H2,12,18,19). The molecule has 9 heteroatoms. The fraction of sp³-hybridized carbons (Fsp3) is 0. The number of aromatic nitrogens is 2. The lowest BCUT2D eigenvalue weighted by Gasteiger charge is -2.17. The molecule has 20 heavy (non-hydrogen) atoms. The molecule has 0 atom stereocenters. The van der Waals surface area contributed by atoms with Gasteiger partial charge in [0.1, 0.15) is 0 Å². The molecule has 2 aromatic rings. The van der Waals surface area contributed by atoms with E-state index in [1.54, 1.807) is 30.3 Å². The molecule has 2 amide bonds. The highest BCUT2D eigenvalue weighted by Crippen LogP contribution is 2.12. The van der Waals surface area contributed by atoms with Crippen molar-refractivity contribution in [1.29, 1.82) is 0 Å². The Kier molecular flexibility index (Phi) is 3.91. The molecule has 0 saturated heterocycles. The van der Waals surface area contributed by atoms with Gasteiger partial charge in [0.05, 0.1) is 0 Å². The van der Waals surface area contributed by atoms with Gasteiger partial charge in [-0.1, -0.05) is 18.2 Å². The van der Waals surface area contributed by atoms with E-state index in [-0.39, 0.29) is 5.95 Å². The summed E-state index contributed by atoms with van der Waals surface area (Å²) in [6.07, 6.45) is 2.60. The van der Waals surface area contributed by atoms with Gasteiger partial charge in [0.2, 0.25) is 5.95 Å². The number of hydrogen-bond donors (Lipinski definition) is 2. The van der Waals surface area contributed by atoms with E-state index >= 15 is 0 Å². The van der Waals surface area contributed by atoms with E-state index in [9.17, 15) is 13.2 Å². The number of nitrogens with one attached hydrogen (secondary N) is 1. The van der Waals surface area contributed by atoms with E-state index in [1.165, 1.54) is 18.5 Å². The molecule has 0 aliphatic heterocycles. The zero-order chi connectivity index (χ0) is 14.6. The first-order valence-electron chi connectivity index (χ1n) is 5.44. The predicted octanol–water partition coefficient (Wildman–Crippen LogP) is 0.719. The Balaban J connectivity index is 2.31. The average Bonchev–Trinajstić information content (AvgIpc) is 2.39. The largest absolute Gasteiger partial charge is 0.343 e. The lowest BCUT2D eigenvalue weighted by molar-refractivity contribution is 0.259. The minimum absolute atomic E-state index is 0.292. The summed E-state index contributed by atoms with van der Waals surface area (Å²) in [5.41, 5.74) is 0.419. The zero-order valence-corrected chi connectivity index (χ0v) is 11.0. The number of carbonyl (C=O) groups excluding carboxylic acids is 1. The van der Waals surface area contributed by atoms with Crippen LogP contribution in [0.15, 0.2) is 48.8 Å². The van der Waals surface area contributed by atoms with Gasteiger partial charge in [-0.15, -0.1) is 4.31 Å². The number of para-hydroxylation sites is 1. The minimum atomic E-state index is -4.34. The quantitative estimate of drug-likeness (QED) is 0.864. The molecule has 0 unspecified atom stereocenters. The van der Waals surface area contributed by atoms with Crippen LogP contribution >= 0.6 is 0 Å². The molecule has 0 fully saturated rings. The number of amides is 2. The number of rotatable bonds is 3. The third-order valence-electron chi connectivity index (χ3n) is 2.20. The molecule has 0 aliphatic rings. The first-order valence-corrected chi connectivity index (χ1v) is 6.95. The third-order valence-corrected chi connectivity index (χ3v) is 3.04. The van der Waals surface area contributed by atoms with E-state index in [0.29, 0.717) is 9.99 Å². The van der Waals surface area contributed by atoms with Gasteiger partial charge < -0.3 is 5.32 Å². The highest BCUT2D eigenvalue weighted by atomic mass is 32.2. The monoisotopic (exact) mass is 293 g/mol. The molecule has 0 aliphatic carbocycles. The lowest BCUT2D eigenvalue weighted by Crippen LogP contribution is -2.44. The van der Waals surface area contributed by atoms with Gasteiger partial charge in [-0.05, 0) is 18.2 Å². The predicted molar refractivity (Wildman–Crippen MR) is 73.1 cm³/mol. The zero-order valence-electron chi connectivity index (χ0n) is 10.2. The van der Waals surface area contributed by atoms with Gasteiger partial charge in [0.25, 0.3) is 0 Å². The molecule has 8 nitrogen and oxygen atoms in total. The fourth-order valence-electron chi connectivity index (χ4n) is 1.41. The van der Waals surface area contributed by atoms with E-state index < -0.39 is 16.2 Å². The maximum absolute atomic E-state index is 12.0. The van der Waals surface area contributed by atoms with Gasteiger partial charge in [-0.25, -0.2) is 19.9 Å². The number of carbonyl (C=O) groups is 1. The minimum Gasteiger partial charge on any atom is -0.307 e. The maximum atomic E-state index is 12.0. The van der Waals surface area contributed by atoms with Crippen molar-refractivity contribution in [3.63, 3.8) is 0 Å². The Hall–Kier alpha value is -2.52. The first kappa shape index (κ1) is 13.9. The second kappa shape index (κ2) is 5.63. The molecule has 0 radical (unpaired) electrons. The van der Waals surface area contributed by atoms with E-state index in [0.717, 1.165) is 0 Å². The van der Waals surface area contributed by atoms with Crippen molar-refractivity contribution in [2.24, 2.45) is 5.14 Å². The molecule has 104 valence electrons. The van der Waals surface area contributed by atoms with Crippen LogP contribution in [0.1, 0.15) is 0 Å². The van der Waals surface area contributed by atoms with E-state index in [4.69, 9.17) is 5.14 Å². The number of urea groups is 1. The van der Waals surface area contributed by atoms with Gasteiger partial charge >= 0.3 is 16.2 Å². The van der Waals surface area contributed by atoms with Crippen LogP contribution in [0.5, 0.6) is 0 Å². The molecule has 2 rings (SSSR count). The van der Waals surface area contributed by atoms with Crippen molar-refractivity contribution in [1.82, 2.24) is 9.97 Å². The van der Waals surface area contributed by atoms with Crippen LogP contribution in [0.3, 0.4) is 0 Å². The normalized spacial score (nSPS) is 10.8. The average molecular weight is 293 g/mol. The maximum Gasteiger partial charge on any atom is 0.343 e. The van der Waals surface area contributed by atoms with Crippen molar-refractivity contribution in [3.05, 3.63) is 48.8 Å². The number of anilines is 2. The van der Waals surface area contributed by atoms with Crippen LogP contribution in [0, 0.1) is 0 Å². The smallest absolute Gasteiger partial charge is 0.307 e. The van der Waals surface area contributed by atoms with E-state index in [1.807, 2.05) is 0 Å². The van der Waals surface area contributed by atoms with E-state index in [2.05, 4.69) is 15.3 Å². The Labute approximate surface area is 115 Å². The van der Waals surface area contributed by atoms with Crippen LogP contribution in [0.25, 0.3) is 0 Å². The highest BCUT2D eigenvalue weighted by Gasteiger charge is 2.28. The Morgan fingerprint density at radius 1 is 1.10 bits per heavy atom. The van der Waals surface area contributed by atoms with Crippen molar-refractivity contribution in [2.45, 2.75) is 0 Å². The summed E-state index contributed by atoms with van der Waals surface area (Å²) in [4.78, 5) is 19.4. The van der Waals surface area contributed by atoms with Crippen LogP contribution in [-0.2, 0) is 10.2 Å². The third kappa shape index (κ3) is 3.28. The second-order valence-corrected chi connectivity index (χ2v) is 5.05. The second-order valence-electron chi connectivity index (χ2n) is 3.65. The Bertz CT molecular complexity index is 691. The van der Waals surface area contributed by atoms with Crippen molar-refractivity contribution in [2.75, 3.05) is 9.62 Å². The van der Waals surface area contributed by atoms with Crippen LogP contribution in [0.2, 0.25) is 0 Å². The van der Waals surface area contributed by atoms with Crippen molar-refractivity contribution in [3.8, 4) is 0 Å². The summed E-state index contributed by atoms with van der Waals surface area (Å²) in [6, 6.07) is 8.86. The summed E-state index contributed by atoms with van der Waals surface area (Å²) in [6.45, 7) is 0. The number of nitrogens with zero attached hydrogens (tertiary/aromatic N) is 3. The van der Waals surface area contributed by atoms with Gasteiger partial charge in [-0.3, -0.25) is 0 Å².